The van der Waals surface area contributed by atoms with E-state index in [1.54, 1.807) is 30.3 Å². The number of carboxylic acid groups (broad SMARTS) is 1. The highest BCUT2D eigenvalue weighted by molar-refractivity contribution is 7.89. The lowest BCUT2D eigenvalue weighted by atomic mass is 9.90. The van der Waals surface area contributed by atoms with Crippen molar-refractivity contribution in [2.75, 3.05) is 6.54 Å². The Labute approximate surface area is 223 Å². The maximum absolute atomic E-state index is 13.7. The van der Waals surface area contributed by atoms with E-state index in [4.69, 9.17) is 4.74 Å². The summed E-state index contributed by atoms with van der Waals surface area (Å²) in [6.45, 7) is 8.15. The third-order valence-electron chi connectivity index (χ3n) is 7.17. The zero-order valence-corrected chi connectivity index (χ0v) is 23.0. The summed E-state index contributed by atoms with van der Waals surface area (Å²) >= 11 is 0. The Morgan fingerprint density at radius 1 is 1.11 bits per heavy atom. The number of Topliss-reactive ketones (excluding diaryl/α,β-unsaturated/α-hetero) is 1. The van der Waals surface area contributed by atoms with Crippen molar-refractivity contribution < 1.29 is 27.9 Å². The van der Waals surface area contributed by atoms with Gasteiger partial charge in [-0.05, 0) is 61.2 Å². The van der Waals surface area contributed by atoms with Crippen molar-refractivity contribution in [1.29, 1.82) is 0 Å². The number of carbonyl (C=O) groups excluding carboxylic acids is 1. The van der Waals surface area contributed by atoms with E-state index < -0.39 is 21.9 Å². The van der Waals surface area contributed by atoms with Gasteiger partial charge in [0.1, 0.15) is 16.7 Å². The summed E-state index contributed by atoms with van der Waals surface area (Å²) in [4.78, 5) is 24.2. The molecule has 2 aromatic carbocycles. The van der Waals surface area contributed by atoms with Gasteiger partial charge in [0.15, 0.2) is 5.78 Å². The quantitative estimate of drug-likeness (QED) is 0.385. The molecular weight excluding hydrogens is 504 g/mol. The van der Waals surface area contributed by atoms with Crippen molar-refractivity contribution in [3.8, 4) is 5.75 Å². The summed E-state index contributed by atoms with van der Waals surface area (Å²) in [7, 11) is -3.83. The molecule has 2 heterocycles. The molecule has 0 saturated carbocycles. The second kappa shape index (κ2) is 11.1. The van der Waals surface area contributed by atoms with Gasteiger partial charge in [0.2, 0.25) is 10.0 Å². The monoisotopic (exact) mass is 538 g/mol. The number of sulfonamides is 1. The summed E-state index contributed by atoms with van der Waals surface area (Å²) < 4.78 is 36.7. The molecule has 0 fully saturated rings. The fraction of sp³-hybridized carbons (Fsp3) is 0.379. The van der Waals surface area contributed by atoms with Crippen molar-refractivity contribution in [1.82, 2.24) is 8.87 Å². The fourth-order valence-corrected chi connectivity index (χ4v) is 6.66. The molecule has 1 unspecified atom stereocenters. The average Bonchev–Trinajstić information content (AvgIpc) is 3.27. The Kier molecular flexibility index (Phi) is 8.08. The molecule has 0 radical (unpaired) electrons. The fourth-order valence-electron chi connectivity index (χ4n) is 5.09. The Morgan fingerprint density at radius 3 is 2.50 bits per heavy atom. The number of fused-ring (bicyclic) bond motifs is 1. The highest BCUT2D eigenvalue weighted by Gasteiger charge is 2.34. The summed E-state index contributed by atoms with van der Waals surface area (Å²) in [5, 5.41) is 9.74. The van der Waals surface area contributed by atoms with Crippen LogP contribution in [0.1, 0.15) is 72.4 Å². The van der Waals surface area contributed by atoms with Gasteiger partial charge in [-0.2, -0.15) is 4.31 Å². The number of aromatic nitrogens is 1. The van der Waals surface area contributed by atoms with Crippen LogP contribution in [0.4, 0.5) is 0 Å². The van der Waals surface area contributed by atoms with Crippen LogP contribution in [0.3, 0.4) is 0 Å². The van der Waals surface area contributed by atoms with E-state index in [0.717, 1.165) is 22.4 Å². The number of rotatable bonds is 9. The third kappa shape index (κ3) is 5.39. The van der Waals surface area contributed by atoms with Crippen molar-refractivity contribution in [2.45, 2.75) is 70.5 Å². The van der Waals surface area contributed by atoms with Crippen LogP contribution in [0.2, 0.25) is 0 Å². The van der Waals surface area contributed by atoms with E-state index >= 15 is 0 Å². The van der Waals surface area contributed by atoms with Gasteiger partial charge in [0.05, 0.1) is 18.7 Å². The molecule has 9 heteroatoms. The summed E-state index contributed by atoms with van der Waals surface area (Å²) in [6, 6.07) is 15.9. The molecular formula is C29H34N2O6S. The third-order valence-corrected chi connectivity index (χ3v) is 9.02. The van der Waals surface area contributed by atoms with Crippen LogP contribution >= 0.6 is 0 Å². The summed E-state index contributed by atoms with van der Waals surface area (Å²) in [6.07, 6.45) is 0.187. The highest BCUT2D eigenvalue weighted by atomic mass is 32.2. The molecule has 0 saturated heterocycles. The molecule has 0 bridgehead atoms. The van der Waals surface area contributed by atoms with Crippen molar-refractivity contribution >= 4 is 21.8 Å². The van der Waals surface area contributed by atoms with Gasteiger partial charge in [0.25, 0.3) is 0 Å². The van der Waals surface area contributed by atoms with Gasteiger partial charge in [-0.3, -0.25) is 9.59 Å². The first kappa shape index (κ1) is 27.6. The lowest BCUT2D eigenvalue weighted by molar-refractivity contribution is -0.137. The molecule has 1 aliphatic rings. The first-order valence-corrected chi connectivity index (χ1v) is 14.3. The lowest BCUT2D eigenvalue weighted by Gasteiger charge is -2.25. The summed E-state index contributed by atoms with van der Waals surface area (Å²) in [5.74, 6) is -1.19. The van der Waals surface area contributed by atoms with Gasteiger partial charge in [0, 0.05) is 31.6 Å². The van der Waals surface area contributed by atoms with Crippen molar-refractivity contribution in [3.05, 3.63) is 82.7 Å². The first-order chi connectivity index (χ1) is 18.1. The van der Waals surface area contributed by atoms with Crippen LogP contribution in [0.25, 0.3) is 0 Å². The number of carbonyl (C=O) groups is 2. The maximum Gasteiger partial charge on any atom is 0.304 e. The predicted octanol–water partition coefficient (Wildman–Crippen LogP) is 4.99. The molecule has 3 aromatic rings. The first-order valence-electron chi connectivity index (χ1n) is 12.8. The van der Waals surface area contributed by atoms with E-state index in [1.807, 2.05) is 49.6 Å². The lowest BCUT2D eigenvalue weighted by Crippen LogP contribution is -2.36. The number of hydrogen-bond acceptors (Lipinski definition) is 5. The standard InChI is InChI=1S/C29H34N2O6S/c1-5-23-18-30(38(35,36)28-10-8-7-9-27(28)37-23)17-22-15-21(12-11-19(22)3)24(16-29(33)34)26-14-13-25(20(4)32)31(26)6-2/h7-15,23-24H,5-6,16-18H2,1-4H3,(H,33,34)/t23-,24?/m1/s1. The van der Waals surface area contributed by atoms with E-state index in [-0.39, 0.29) is 36.3 Å². The van der Waals surface area contributed by atoms with Crippen LogP contribution in [0.15, 0.2) is 59.5 Å². The zero-order chi connectivity index (χ0) is 27.6. The molecule has 2 atom stereocenters. The van der Waals surface area contributed by atoms with Gasteiger partial charge in [-0.25, -0.2) is 8.42 Å². The minimum absolute atomic E-state index is 0.0869. The molecule has 1 aliphatic heterocycles. The molecule has 38 heavy (non-hydrogen) atoms. The normalized spacial score (nSPS) is 17.7. The predicted molar refractivity (Wildman–Crippen MR) is 144 cm³/mol. The Morgan fingerprint density at radius 2 is 1.84 bits per heavy atom. The van der Waals surface area contributed by atoms with Gasteiger partial charge in [-0.15, -0.1) is 0 Å². The second-order valence-electron chi connectivity index (χ2n) is 9.67. The topological polar surface area (TPSA) is 106 Å². The number of nitrogens with zero attached hydrogens (tertiary/aromatic N) is 2. The van der Waals surface area contributed by atoms with Gasteiger partial charge >= 0.3 is 5.97 Å². The van der Waals surface area contributed by atoms with E-state index in [9.17, 15) is 23.1 Å². The van der Waals surface area contributed by atoms with Crippen LogP contribution in [-0.2, 0) is 27.9 Å². The Hall–Kier alpha value is -3.43. The number of para-hydroxylation sites is 1. The second-order valence-corrected chi connectivity index (χ2v) is 11.6. The molecule has 4 rings (SSSR count). The number of ketones is 1. The maximum atomic E-state index is 13.7. The number of hydrogen-bond donors (Lipinski definition) is 1. The average molecular weight is 539 g/mol. The van der Waals surface area contributed by atoms with E-state index in [0.29, 0.717) is 24.4 Å². The number of benzene rings is 2. The van der Waals surface area contributed by atoms with E-state index in [1.165, 1.54) is 11.2 Å². The molecule has 202 valence electrons. The molecule has 8 nitrogen and oxygen atoms in total. The smallest absolute Gasteiger partial charge is 0.304 e. The SMILES string of the molecule is CC[C@@H]1CN(Cc2cc(C(CC(=O)O)c3ccc(C(C)=O)n3CC)ccc2C)S(=O)(=O)c2ccccc2O1. The molecule has 0 spiro atoms. The Bertz CT molecular complexity index is 1460. The minimum atomic E-state index is -3.83. The van der Waals surface area contributed by atoms with Gasteiger partial charge in [-0.1, -0.05) is 37.3 Å². The highest BCUT2D eigenvalue weighted by Crippen LogP contribution is 2.35. The molecule has 0 aliphatic carbocycles. The van der Waals surface area contributed by atoms with Gasteiger partial charge < -0.3 is 14.4 Å². The largest absolute Gasteiger partial charge is 0.488 e. The number of ether oxygens (including phenoxy) is 1. The number of aryl methyl sites for hydroxylation is 1. The zero-order valence-electron chi connectivity index (χ0n) is 22.2. The Balaban J connectivity index is 1.76. The number of carboxylic acids is 1. The minimum Gasteiger partial charge on any atom is -0.488 e. The number of aliphatic carboxylic acids is 1. The van der Waals surface area contributed by atoms with E-state index in [2.05, 4.69) is 0 Å². The molecule has 0 amide bonds. The van der Waals surface area contributed by atoms with Crippen LogP contribution < -0.4 is 4.74 Å². The van der Waals surface area contributed by atoms with Crippen LogP contribution in [-0.4, -0.2) is 46.8 Å². The molecule has 1 N–H and O–H groups in total. The molecule has 1 aromatic heterocycles. The van der Waals surface area contributed by atoms with Crippen LogP contribution in [0.5, 0.6) is 5.75 Å². The van der Waals surface area contributed by atoms with Crippen LogP contribution in [0, 0.1) is 6.92 Å². The van der Waals surface area contributed by atoms with Crippen molar-refractivity contribution in [2.24, 2.45) is 0 Å². The summed E-state index contributed by atoms with van der Waals surface area (Å²) in [5.41, 5.74) is 3.72. The van der Waals surface area contributed by atoms with Crippen molar-refractivity contribution in [3.63, 3.8) is 0 Å².